The highest BCUT2D eigenvalue weighted by Gasteiger charge is 2.42. The van der Waals surface area contributed by atoms with Gasteiger partial charge in [0.25, 0.3) is 15.0 Å². The Balaban J connectivity index is 1.24. The molecule has 1 saturated heterocycles. The summed E-state index contributed by atoms with van der Waals surface area (Å²) in [4.78, 5) is 4.39. The zero-order valence-electron chi connectivity index (χ0n) is 26.2. The number of aliphatic hydroxyl groups excluding tert-OH is 1. The molecule has 0 bridgehead atoms. The standard InChI is InChI=1S/C38H33N3O6S2/c42-24-26-17-19-29(20-18-26)37-35(27-9-2-1-3-10-27)32(25-48-34-16-4-5-22-41(34)43)46-38(47-37)30-12-6-14-31(23-30)40-49(44,45)33-15-7-11-28-13-8-21-39-36(28)33/h1-23,32,35,37-38,40,42H,24-25H2. The summed E-state index contributed by atoms with van der Waals surface area (Å²) < 4.78 is 44.3. The maximum atomic E-state index is 13.6. The van der Waals surface area contributed by atoms with E-state index in [1.807, 2.05) is 78.9 Å². The molecule has 0 amide bonds. The average Bonchev–Trinajstić information content (AvgIpc) is 3.14. The fourth-order valence-corrected chi connectivity index (χ4v) is 8.31. The van der Waals surface area contributed by atoms with Gasteiger partial charge in [-0.15, -0.1) is 0 Å². The minimum absolute atomic E-state index is 0.0758. The van der Waals surface area contributed by atoms with Crippen molar-refractivity contribution >= 4 is 38.4 Å². The van der Waals surface area contributed by atoms with Crippen LogP contribution in [0.1, 0.15) is 40.6 Å². The minimum atomic E-state index is -4.00. The van der Waals surface area contributed by atoms with Crippen LogP contribution in [0.2, 0.25) is 0 Å². The van der Waals surface area contributed by atoms with Gasteiger partial charge in [-0.1, -0.05) is 96.7 Å². The van der Waals surface area contributed by atoms with E-state index >= 15 is 0 Å². The average molecular weight is 692 g/mol. The molecular weight excluding hydrogens is 659 g/mol. The lowest BCUT2D eigenvalue weighted by molar-refractivity contribution is -0.645. The van der Waals surface area contributed by atoms with Crippen LogP contribution >= 0.6 is 11.8 Å². The Morgan fingerprint density at radius 1 is 0.816 bits per heavy atom. The van der Waals surface area contributed by atoms with Gasteiger partial charge in [-0.25, -0.2) is 8.42 Å². The van der Waals surface area contributed by atoms with Crippen molar-refractivity contribution < 1.29 is 27.7 Å². The number of rotatable bonds is 10. The maximum Gasteiger partial charge on any atom is 0.264 e. The SMILES string of the molecule is O=S(=O)(Nc1cccc(C2OC(CSc3cccc[n+]3[O-])C(c3ccccc3)C(c3ccc(CO)cc3)O2)c1)c1cccc2cccnc12. The summed E-state index contributed by atoms with van der Waals surface area (Å²) in [5, 5.41) is 23.5. The lowest BCUT2D eigenvalue weighted by Gasteiger charge is -2.43. The Hall–Kier alpha value is -4.78. The first-order chi connectivity index (χ1) is 23.9. The number of para-hydroxylation sites is 1. The van der Waals surface area contributed by atoms with Crippen LogP contribution < -0.4 is 9.45 Å². The molecule has 0 radical (unpaired) electrons. The number of pyridine rings is 2. The summed E-state index contributed by atoms with van der Waals surface area (Å²) in [5.74, 6) is 0.186. The lowest BCUT2D eigenvalue weighted by Crippen LogP contribution is -2.39. The molecule has 11 heteroatoms. The first kappa shape index (κ1) is 32.8. The number of nitrogens with zero attached hydrogens (tertiary/aromatic N) is 2. The Labute approximate surface area is 288 Å². The fourth-order valence-electron chi connectivity index (χ4n) is 6.10. The van der Waals surface area contributed by atoms with Crippen LogP contribution in [0, 0.1) is 5.21 Å². The predicted molar refractivity (Wildman–Crippen MR) is 188 cm³/mol. The first-order valence-corrected chi connectivity index (χ1v) is 18.2. The van der Waals surface area contributed by atoms with Gasteiger partial charge in [0, 0.05) is 46.6 Å². The van der Waals surface area contributed by atoms with Gasteiger partial charge in [0.15, 0.2) is 12.5 Å². The summed E-state index contributed by atoms with van der Waals surface area (Å²) >= 11 is 1.40. The van der Waals surface area contributed by atoms with Crippen LogP contribution in [0.4, 0.5) is 5.69 Å². The number of nitrogens with one attached hydrogen (secondary N) is 1. The van der Waals surface area contributed by atoms with Crippen molar-refractivity contribution in [3.8, 4) is 0 Å². The van der Waals surface area contributed by atoms with Crippen molar-refractivity contribution in [1.29, 1.82) is 0 Å². The molecule has 7 rings (SSSR count). The predicted octanol–water partition coefficient (Wildman–Crippen LogP) is 6.89. The van der Waals surface area contributed by atoms with Crippen molar-refractivity contribution in [3.05, 3.63) is 167 Å². The topological polar surface area (TPSA) is 125 Å². The molecule has 9 nitrogen and oxygen atoms in total. The molecule has 3 heterocycles. The van der Waals surface area contributed by atoms with E-state index in [0.717, 1.165) is 26.8 Å². The number of hydrogen-bond donors (Lipinski definition) is 2. The van der Waals surface area contributed by atoms with Crippen LogP contribution in [-0.2, 0) is 26.1 Å². The molecule has 4 atom stereocenters. The number of sulfonamides is 1. The molecular formula is C38H33N3O6S2. The Morgan fingerprint density at radius 2 is 1.57 bits per heavy atom. The Bertz CT molecular complexity index is 2160. The molecule has 6 aromatic rings. The van der Waals surface area contributed by atoms with Crippen molar-refractivity contribution in [2.24, 2.45) is 0 Å². The van der Waals surface area contributed by atoms with Crippen LogP contribution in [0.15, 0.2) is 150 Å². The fraction of sp³-hybridized carbons (Fsp3) is 0.158. The third-order valence-electron chi connectivity index (χ3n) is 8.45. The van der Waals surface area contributed by atoms with E-state index in [-0.39, 0.29) is 17.4 Å². The highest BCUT2D eigenvalue weighted by molar-refractivity contribution is 7.99. The number of ether oxygens (including phenoxy) is 2. The molecule has 1 fully saturated rings. The van der Waals surface area contributed by atoms with Gasteiger partial charge in [0.1, 0.15) is 4.90 Å². The molecule has 1 aliphatic heterocycles. The smallest absolute Gasteiger partial charge is 0.264 e. The number of aliphatic hydroxyl groups is 1. The third kappa shape index (κ3) is 7.17. The number of aromatic nitrogens is 2. The van der Waals surface area contributed by atoms with E-state index in [4.69, 9.17) is 9.47 Å². The zero-order chi connectivity index (χ0) is 33.8. The van der Waals surface area contributed by atoms with Gasteiger partial charge in [-0.2, -0.15) is 4.73 Å². The van der Waals surface area contributed by atoms with E-state index < -0.39 is 28.5 Å². The largest absolute Gasteiger partial charge is 0.618 e. The Kier molecular flexibility index (Phi) is 9.61. The molecule has 49 heavy (non-hydrogen) atoms. The van der Waals surface area contributed by atoms with E-state index in [9.17, 15) is 18.7 Å². The molecule has 4 unspecified atom stereocenters. The van der Waals surface area contributed by atoms with Gasteiger partial charge in [0.05, 0.1) is 24.3 Å². The number of thioether (sulfide) groups is 1. The Morgan fingerprint density at radius 3 is 2.37 bits per heavy atom. The maximum absolute atomic E-state index is 13.6. The molecule has 4 aromatic carbocycles. The lowest BCUT2D eigenvalue weighted by atomic mass is 9.84. The molecule has 0 saturated carbocycles. The van der Waals surface area contributed by atoms with E-state index in [1.54, 1.807) is 48.7 Å². The van der Waals surface area contributed by atoms with Crippen molar-refractivity contribution in [3.63, 3.8) is 0 Å². The highest BCUT2D eigenvalue weighted by atomic mass is 32.2. The summed E-state index contributed by atoms with van der Waals surface area (Å²) in [6.45, 7) is -0.0806. The van der Waals surface area contributed by atoms with Crippen LogP contribution in [0.5, 0.6) is 0 Å². The van der Waals surface area contributed by atoms with Crippen LogP contribution in [-0.4, -0.2) is 30.4 Å². The molecule has 1 aliphatic rings. The first-order valence-electron chi connectivity index (χ1n) is 15.7. The van der Waals surface area contributed by atoms with Crippen molar-refractivity contribution in [2.45, 2.75) is 40.9 Å². The number of hydrogen-bond acceptors (Lipinski definition) is 8. The van der Waals surface area contributed by atoms with Crippen molar-refractivity contribution in [1.82, 2.24) is 4.98 Å². The van der Waals surface area contributed by atoms with E-state index in [0.29, 0.717) is 27.5 Å². The molecule has 2 N–H and O–H groups in total. The second-order valence-corrected chi connectivity index (χ2v) is 14.3. The summed E-state index contributed by atoms with van der Waals surface area (Å²) in [5.41, 5.74) is 4.03. The monoisotopic (exact) mass is 691 g/mol. The molecule has 2 aromatic heterocycles. The van der Waals surface area contributed by atoms with Gasteiger partial charge in [0.2, 0.25) is 0 Å². The minimum Gasteiger partial charge on any atom is -0.618 e. The summed E-state index contributed by atoms with van der Waals surface area (Å²) in [7, 11) is -4.00. The van der Waals surface area contributed by atoms with Gasteiger partial charge >= 0.3 is 0 Å². The number of anilines is 1. The molecule has 0 aliphatic carbocycles. The second-order valence-electron chi connectivity index (χ2n) is 11.6. The molecule has 0 spiro atoms. The quantitative estimate of drug-likeness (QED) is 0.0904. The number of fused-ring (bicyclic) bond motifs is 1. The third-order valence-corrected chi connectivity index (χ3v) is 11.0. The molecule has 248 valence electrons. The zero-order valence-corrected chi connectivity index (χ0v) is 27.8. The number of benzene rings is 4. The second kappa shape index (κ2) is 14.4. The van der Waals surface area contributed by atoms with Gasteiger partial charge in [-0.3, -0.25) is 9.71 Å². The van der Waals surface area contributed by atoms with E-state index in [1.165, 1.54) is 24.0 Å². The normalized spacial score (nSPS) is 19.4. The van der Waals surface area contributed by atoms with Crippen LogP contribution in [0.25, 0.3) is 10.9 Å². The summed E-state index contributed by atoms with van der Waals surface area (Å²) in [6, 6.07) is 38.5. The van der Waals surface area contributed by atoms with Crippen LogP contribution in [0.3, 0.4) is 0 Å². The van der Waals surface area contributed by atoms with Gasteiger partial charge < -0.3 is 19.8 Å². The van der Waals surface area contributed by atoms with Crippen molar-refractivity contribution in [2.75, 3.05) is 10.5 Å². The van der Waals surface area contributed by atoms with E-state index in [2.05, 4.69) is 9.71 Å². The van der Waals surface area contributed by atoms with Gasteiger partial charge in [-0.05, 0) is 47.0 Å². The highest BCUT2D eigenvalue weighted by Crippen LogP contribution is 2.48. The summed E-state index contributed by atoms with van der Waals surface area (Å²) in [6.07, 6.45) is 1.27.